The molecule has 0 aliphatic carbocycles. The number of aliphatic carboxylic acids is 1. The van der Waals surface area contributed by atoms with Crippen LogP contribution in [-0.4, -0.2) is 32.7 Å². The van der Waals surface area contributed by atoms with Gasteiger partial charge in [0.2, 0.25) is 0 Å². The van der Waals surface area contributed by atoms with E-state index in [2.05, 4.69) is 10.3 Å². The van der Waals surface area contributed by atoms with Crippen LogP contribution in [0.15, 0.2) is 24.3 Å². The largest absolute Gasteiger partial charge is 0.494 e. The number of ether oxygens (including phenoxy) is 1. The number of carboxylic acids is 1. The summed E-state index contributed by atoms with van der Waals surface area (Å²) in [5.41, 5.74) is 2.91. The highest BCUT2D eigenvalue weighted by atomic mass is 16.5. The molecule has 0 aliphatic heterocycles. The highest BCUT2D eigenvalue weighted by Gasteiger charge is 2.09. The number of hydrogen-bond acceptors (Lipinski definition) is 4. The summed E-state index contributed by atoms with van der Waals surface area (Å²) < 4.78 is 7.55. The van der Waals surface area contributed by atoms with Crippen LogP contribution >= 0.6 is 0 Å². The van der Waals surface area contributed by atoms with Crippen molar-refractivity contribution in [1.82, 2.24) is 15.0 Å². The first-order chi connectivity index (χ1) is 11.1. The minimum atomic E-state index is -0.813. The van der Waals surface area contributed by atoms with E-state index in [4.69, 9.17) is 9.84 Å². The van der Waals surface area contributed by atoms with E-state index in [0.717, 1.165) is 36.5 Å². The maximum atomic E-state index is 10.6. The van der Waals surface area contributed by atoms with Crippen molar-refractivity contribution in [3.8, 4) is 5.75 Å². The van der Waals surface area contributed by atoms with Crippen LogP contribution < -0.4 is 4.74 Å². The minimum Gasteiger partial charge on any atom is -0.494 e. The normalized spacial score (nSPS) is 10.7. The summed E-state index contributed by atoms with van der Waals surface area (Å²) in [5.74, 6) is 0.0881. The quantitative estimate of drug-likeness (QED) is 0.720. The van der Waals surface area contributed by atoms with E-state index in [1.54, 1.807) is 0 Å². The number of aromatic nitrogens is 3. The molecule has 0 aliphatic rings. The molecule has 124 valence electrons. The van der Waals surface area contributed by atoms with Crippen LogP contribution in [0.1, 0.15) is 36.2 Å². The number of rotatable bonds is 9. The smallest absolute Gasteiger partial charge is 0.303 e. The van der Waals surface area contributed by atoms with Gasteiger partial charge in [0.1, 0.15) is 5.75 Å². The second kappa shape index (κ2) is 8.31. The van der Waals surface area contributed by atoms with Crippen molar-refractivity contribution in [1.29, 1.82) is 0 Å². The van der Waals surface area contributed by atoms with Crippen molar-refractivity contribution in [2.24, 2.45) is 0 Å². The standard InChI is InChI=1S/C17H23N3O3/c1-13-6-5-7-15(12-13)23-11-4-3-10-20-14(2)16(18-19-20)8-9-17(21)22/h5-7,12H,3-4,8-11H2,1-2H3,(H,21,22). The molecule has 0 saturated carbocycles. The zero-order valence-electron chi connectivity index (χ0n) is 13.7. The number of carbonyl (C=O) groups is 1. The van der Waals surface area contributed by atoms with E-state index in [1.807, 2.05) is 42.8 Å². The Morgan fingerprint density at radius 3 is 2.87 bits per heavy atom. The van der Waals surface area contributed by atoms with E-state index in [9.17, 15) is 4.79 Å². The Morgan fingerprint density at radius 1 is 1.30 bits per heavy atom. The Kier molecular flexibility index (Phi) is 6.14. The van der Waals surface area contributed by atoms with Crippen LogP contribution in [0.25, 0.3) is 0 Å². The lowest BCUT2D eigenvalue weighted by Crippen LogP contribution is -2.06. The van der Waals surface area contributed by atoms with Gasteiger partial charge in [0.05, 0.1) is 24.4 Å². The molecule has 0 bridgehead atoms. The van der Waals surface area contributed by atoms with Crippen molar-refractivity contribution < 1.29 is 14.6 Å². The van der Waals surface area contributed by atoms with E-state index in [-0.39, 0.29) is 6.42 Å². The lowest BCUT2D eigenvalue weighted by Gasteiger charge is -2.07. The Hall–Kier alpha value is -2.37. The van der Waals surface area contributed by atoms with Crippen LogP contribution in [0.2, 0.25) is 0 Å². The third-order valence-corrected chi connectivity index (χ3v) is 3.68. The molecular weight excluding hydrogens is 294 g/mol. The fraction of sp³-hybridized carbons (Fsp3) is 0.471. The third-order valence-electron chi connectivity index (χ3n) is 3.68. The summed E-state index contributed by atoms with van der Waals surface area (Å²) in [5, 5.41) is 16.9. The number of carboxylic acid groups (broad SMARTS) is 1. The molecule has 0 radical (unpaired) electrons. The highest BCUT2D eigenvalue weighted by Crippen LogP contribution is 2.13. The van der Waals surface area contributed by atoms with Crippen LogP contribution in [0.4, 0.5) is 0 Å². The molecule has 0 atom stereocenters. The van der Waals surface area contributed by atoms with Gasteiger partial charge in [-0.2, -0.15) is 0 Å². The van der Waals surface area contributed by atoms with Gasteiger partial charge in [0.25, 0.3) is 0 Å². The highest BCUT2D eigenvalue weighted by molar-refractivity contribution is 5.67. The predicted molar refractivity (Wildman–Crippen MR) is 86.6 cm³/mol. The lowest BCUT2D eigenvalue weighted by atomic mass is 10.2. The Balaban J connectivity index is 1.71. The van der Waals surface area contributed by atoms with Gasteiger partial charge >= 0.3 is 5.97 Å². The van der Waals surface area contributed by atoms with Crippen molar-refractivity contribution >= 4 is 5.97 Å². The molecule has 1 heterocycles. The van der Waals surface area contributed by atoms with Crippen LogP contribution in [0.3, 0.4) is 0 Å². The average molecular weight is 317 g/mol. The van der Waals surface area contributed by atoms with Gasteiger partial charge in [-0.3, -0.25) is 4.79 Å². The molecule has 1 aromatic carbocycles. The Bertz CT molecular complexity index is 652. The maximum absolute atomic E-state index is 10.6. The summed E-state index contributed by atoms with van der Waals surface area (Å²) in [4.78, 5) is 10.6. The van der Waals surface area contributed by atoms with E-state index in [1.165, 1.54) is 5.56 Å². The first-order valence-corrected chi connectivity index (χ1v) is 7.86. The molecule has 0 spiro atoms. The fourth-order valence-corrected chi connectivity index (χ4v) is 2.32. The number of aryl methyl sites for hydroxylation is 3. The van der Waals surface area contributed by atoms with Crippen molar-refractivity contribution in [3.63, 3.8) is 0 Å². The molecule has 23 heavy (non-hydrogen) atoms. The summed E-state index contributed by atoms with van der Waals surface area (Å²) in [7, 11) is 0. The van der Waals surface area contributed by atoms with Crippen molar-refractivity contribution in [2.45, 2.75) is 46.1 Å². The Morgan fingerprint density at radius 2 is 2.13 bits per heavy atom. The summed E-state index contributed by atoms with van der Waals surface area (Å²) >= 11 is 0. The number of hydrogen-bond donors (Lipinski definition) is 1. The topological polar surface area (TPSA) is 77.2 Å². The van der Waals surface area contributed by atoms with Gasteiger partial charge < -0.3 is 9.84 Å². The maximum Gasteiger partial charge on any atom is 0.303 e. The molecule has 2 aromatic rings. The van der Waals surface area contributed by atoms with Crippen LogP contribution in [-0.2, 0) is 17.8 Å². The number of unbranched alkanes of at least 4 members (excludes halogenated alkanes) is 1. The molecule has 1 aromatic heterocycles. The van der Waals surface area contributed by atoms with Crippen LogP contribution in [0.5, 0.6) is 5.75 Å². The summed E-state index contributed by atoms with van der Waals surface area (Å²) in [6, 6.07) is 8.02. The van der Waals surface area contributed by atoms with E-state index in [0.29, 0.717) is 13.0 Å². The molecule has 6 nitrogen and oxygen atoms in total. The summed E-state index contributed by atoms with van der Waals surface area (Å²) in [6.45, 7) is 5.41. The van der Waals surface area contributed by atoms with Crippen molar-refractivity contribution in [2.75, 3.05) is 6.61 Å². The van der Waals surface area contributed by atoms with E-state index < -0.39 is 5.97 Å². The SMILES string of the molecule is Cc1cccc(OCCCCn2nnc(CCC(=O)O)c2C)c1. The molecule has 0 amide bonds. The molecule has 0 saturated heterocycles. The second-order valence-corrected chi connectivity index (χ2v) is 5.61. The fourth-order valence-electron chi connectivity index (χ4n) is 2.32. The summed E-state index contributed by atoms with van der Waals surface area (Å²) in [6.07, 6.45) is 2.38. The zero-order chi connectivity index (χ0) is 16.7. The first-order valence-electron chi connectivity index (χ1n) is 7.86. The molecule has 6 heteroatoms. The molecule has 1 N–H and O–H groups in total. The lowest BCUT2D eigenvalue weighted by molar-refractivity contribution is -0.136. The molecular formula is C17H23N3O3. The van der Waals surface area contributed by atoms with Crippen LogP contribution in [0, 0.1) is 13.8 Å². The number of benzene rings is 1. The predicted octanol–water partition coefficient (Wildman–Crippen LogP) is 2.77. The second-order valence-electron chi connectivity index (χ2n) is 5.61. The third kappa shape index (κ3) is 5.39. The minimum absolute atomic E-state index is 0.0872. The van der Waals surface area contributed by atoms with Gasteiger partial charge in [-0.1, -0.05) is 17.3 Å². The van der Waals surface area contributed by atoms with Crippen molar-refractivity contribution in [3.05, 3.63) is 41.2 Å². The van der Waals surface area contributed by atoms with E-state index >= 15 is 0 Å². The zero-order valence-corrected chi connectivity index (χ0v) is 13.7. The number of nitrogens with zero attached hydrogens (tertiary/aromatic N) is 3. The van der Waals surface area contributed by atoms with Gasteiger partial charge in [-0.15, -0.1) is 5.10 Å². The monoisotopic (exact) mass is 317 g/mol. The van der Waals surface area contributed by atoms with Gasteiger partial charge in [0, 0.05) is 13.0 Å². The Labute approximate surface area is 136 Å². The molecule has 2 rings (SSSR count). The first kappa shape index (κ1) is 17.0. The van der Waals surface area contributed by atoms with Gasteiger partial charge in [-0.05, 0) is 44.4 Å². The average Bonchev–Trinajstić information content (AvgIpc) is 2.85. The van der Waals surface area contributed by atoms with Gasteiger partial charge in [-0.25, -0.2) is 4.68 Å². The van der Waals surface area contributed by atoms with Gasteiger partial charge in [0.15, 0.2) is 0 Å². The molecule has 0 fully saturated rings. The molecule has 0 unspecified atom stereocenters.